The SMILES string of the molecule is Cc1ccc(C#CC=C(C(=CC#Cc2ccc(C)cc2)c2ccc(C)cc2)c2ccc(C)cc2)cc1. The third kappa shape index (κ3) is 6.76. The summed E-state index contributed by atoms with van der Waals surface area (Å²) in [5, 5.41) is 0. The minimum absolute atomic E-state index is 1.00. The van der Waals surface area contributed by atoms with Gasteiger partial charge in [0.05, 0.1) is 0 Å². The molecule has 0 nitrogen and oxygen atoms in total. The lowest BCUT2D eigenvalue weighted by Crippen LogP contribution is -1.92. The molecule has 0 aromatic heterocycles. The molecule has 0 fully saturated rings. The van der Waals surface area contributed by atoms with Crippen molar-refractivity contribution >= 4 is 11.1 Å². The molecule has 0 heterocycles. The molecule has 0 unspecified atom stereocenters. The van der Waals surface area contributed by atoms with E-state index >= 15 is 0 Å². The van der Waals surface area contributed by atoms with E-state index in [1.807, 2.05) is 12.2 Å². The van der Waals surface area contributed by atoms with Crippen molar-refractivity contribution in [2.24, 2.45) is 0 Å². The Morgan fingerprint density at radius 3 is 1.00 bits per heavy atom. The topological polar surface area (TPSA) is 0 Å². The van der Waals surface area contributed by atoms with E-state index in [0.29, 0.717) is 0 Å². The van der Waals surface area contributed by atoms with Gasteiger partial charge in [0.2, 0.25) is 0 Å². The second kappa shape index (κ2) is 11.8. The number of hydrogen-bond donors (Lipinski definition) is 0. The van der Waals surface area contributed by atoms with Gasteiger partial charge in [-0.3, -0.25) is 0 Å². The van der Waals surface area contributed by atoms with E-state index in [1.54, 1.807) is 0 Å². The van der Waals surface area contributed by atoms with Crippen molar-refractivity contribution in [3.05, 3.63) is 154 Å². The normalized spacial score (nSPS) is 11.2. The lowest BCUT2D eigenvalue weighted by atomic mass is 9.91. The van der Waals surface area contributed by atoms with E-state index in [1.165, 1.54) is 22.3 Å². The molecule has 4 aromatic carbocycles. The molecule has 0 atom stereocenters. The fourth-order valence-corrected chi connectivity index (χ4v) is 3.76. The average molecular weight is 463 g/mol. The summed E-state index contributed by atoms with van der Waals surface area (Å²) in [6, 6.07) is 33.8. The van der Waals surface area contributed by atoms with Gasteiger partial charge in [0.1, 0.15) is 0 Å². The number of benzene rings is 4. The molecular formula is C36H30. The molecule has 0 N–H and O–H groups in total. The number of aryl methyl sites for hydroxylation is 4. The number of rotatable bonds is 3. The highest BCUT2D eigenvalue weighted by molar-refractivity contribution is 6.06. The maximum Gasteiger partial charge on any atom is 0.0249 e. The molecule has 4 aromatic rings. The molecular weight excluding hydrogens is 432 g/mol. The van der Waals surface area contributed by atoms with Gasteiger partial charge in [-0.1, -0.05) is 119 Å². The predicted molar refractivity (Wildman–Crippen MR) is 154 cm³/mol. The van der Waals surface area contributed by atoms with E-state index < -0.39 is 0 Å². The summed E-state index contributed by atoms with van der Waals surface area (Å²) in [5.74, 6) is 13.2. The quantitative estimate of drug-likeness (QED) is 0.211. The van der Waals surface area contributed by atoms with Gasteiger partial charge in [0, 0.05) is 11.1 Å². The van der Waals surface area contributed by atoms with E-state index in [-0.39, 0.29) is 0 Å². The van der Waals surface area contributed by atoms with Gasteiger partial charge >= 0.3 is 0 Å². The fourth-order valence-electron chi connectivity index (χ4n) is 3.76. The minimum atomic E-state index is 1.00. The summed E-state index contributed by atoms with van der Waals surface area (Å²) in [6.45, 7) is 8.38. The Hall–Kier alpha value is -4.52. The molecule has 0 bridgehead atoms. The summed E-state index contributed by atoms with van der Waals surface area (Å²) in [4.78, 5) is 0. The van der Waals surface area contributed by atoms with Crippen LogP contribution in [0.15, 0.2) is 109 Å². The van der Waals surface area contributed by atoms with Crippen LogP contribution < -0.4 is 0 Å². The second-order valence-electron chi connectivity index (χ2n) is 9.12. The summed E-state index contributed by atoms with van der Waals surface area (Å²) in [7, 11) is 0. The molecule has 36 heavy (non-hydrogen) atoms. The van der Waals surface area contributed by atoms with Crippen LogP contribution in [0.1, 0.15) is 44.5 Å². The Kier molecular flexibility index (Phi) is 8.03. The lowest BCUT2D eigenvalue weighted by Gasteiger charge is -2.13. The van der Waals surface area contributed by atoms with Crippen molar-refractivity contribution < 1.29 is 0 Å². The van der Waals surface area contributed by atoms with Crippen molar-refractivity contribution in [1.29, 1.82) is 0 Å². The van der Waals surface area contributed by atoms with Crippen LogP contribution in [-0.4, -0.2) is 0 Å². The van der Waals surface area contributed by atoms with Crippen LogP contribution in [0.4, 0.5) is 0 Å². The summed E-state index contributed by atoms with van der Waals surface area (Å²) in [6.07, 6.45) is 4.04. The first-order chi connectivity index (χ1) is 17.5. The van der Waals surface area contributed by atoms with Crippen molar-refractivity contribution in [3.63, 3.8) is 0 Å². The van der Waals surface area contributed by atoms with Crippen LogP contribution >= 0.6 is 0 Å². The van der Waals surface area contributed by atoms with Gasteiger partial charge in [0.25, 0.3) is 0 Å². The fraction of sp³-hybridized carbons (Fsp3) is 0.111. The minimum Gasteiger partial charge on any atom is -0.0689 e. The van der Waals surface area contributed by atoms with Crippen molar-refractivity contribution in [3.8, 4) is 23.7 Å². The highest BCUT2D eigenvalue weighted by Gasteiger charge is 2.10. The molecule has 4 rings (SSSR count). The Morgan fingerprint density at radius 2 is 0.694 bits per heavy atom. The van der Waals surface area contributed by atoms with Gasteiger partial charge in [-0.2, -0.15) is 0 Å². The molecule has 174 valence electrons. The summed E-state index contributed by atoms with van der Waals surface area (Å²) < 4.78 is 0. The molecule has 0 aliphatic heterocycles. The number of hydrogen-bond acceptors (Lipinski definition) is 0. The zero-order valence-electron chi connectivity index (χ0n) is 21.4. The Morgan fingerprint density at radius 1 is 0.417 bits per heavy atom. The van der Waals surface area contributed by atoms with Gasteiger partial charge in [-0.05, 0) is 86.4 Å². The Bertz CT molecular complexity index is 1380. The molecule has 0 radical (unpaired) electrons. The smallest absolute Gasteiger partial charge is 0.0249 e. The zero-order valence-corrected chi connectivity index (χ0v) is 21.4. The van der Waals surface area contributed by atoms with Crippen molar-refractivity contribution in [1.82, 2.24) is 0 Å². The van der Waals surface area contributed by atoms with E-state index in [9.17, 15) is 0 Å². The Balaban J connectivity index is 1.83. The highest BCUT2D eigenvalue weighted by Crippen LogP contribution is 2.31. The van der Waals surface area contributed by atoms with Gasteiger partial charge in [-0.15, -0.1) is 0 Å². The average Bonchev–Trinajstić information content (AvgIpc) is 2.89. The molecule has 0 amide bonds. The van der Waals surface area contributed by atoms with Crippen molar-refractivity contribution in [2.45, 2.75) is 27.7 Å². The molecule has 0 saturated carbocycles. The van der Waals surface area contributed by atoms with Crippen LogP contribution in [0.3, 0.4) is 0 Å². The molecule has 0 aliphatic carbocycles. The zero-order chi connectivity index (χ0) is 25.3. The molecule has 0 aliphatic rings. The predicted octanol–water partition coefficient (Wildman–Crippen LogP) is 8.49. The molecule has 0 spiro atoms. The molecule has 0 saturated heterocycles. The standard InChI is InChI=1S/C36H30/c1-27-11-19-31(20-12-27)7-5-9-35(33-23-15-29(3)16-24-33)36(34-25-17-30(4)18-26-34)10-6-8-32-21-13-28(2)14-22-32/h9-26H,1-4H3. The third-order valence-electron chi connectivity index (χ3n) is 5.98. The molecule has 0 heteroatoms. The van der Waals surface area contributed by atoms with E-state index in [2.05, 4.69) is 148 Å². The second-order valence-corrected chi connectivity index (χ2v) is 9.12. The van der Waals surface area contributed by atoms with Crippen LogP contribution in [0.5, 0.6) is 0 Å². The first kappa shape index (κ1) is 24.6. The third-order valence-corrected chi connectivity index (χ3v) is 5.98. The largest absolute Gasteiger partial charge is 0.0689 e. The summed E-state index contributed by atoms with van der Waals surface area (Å²) >= 11 is 0. The van der Waals surface area contributed by atoms with Gasteiger partial charge < -0.3 is 0 Å². The first-order valence-electron chi connectivity index (χ1n) is 12.2. The lowest BCUT2D eigenvalue weighted by molar-refractivity contribution is 1.44. The van der Waals surface area contributed by atoms with E-state index in [0.717, 1.165) is 33.4 Å². The van der Waals surface area contributed by atoms with Crippen LogP contribution in [0.25, 0.3) is 11.1 Å². The maximum atomic E-state index is 3.31. The van der Waals surface area contributed by atoms with Crippen molar-refractivity contribution in [2.75, 3.05) is 0 Å². The monoisotopic (exact) mass is 462 g/mol. The van der Waals surface area contributed by atoms with E-state index in [4.69, 9.17) is 0 Å². The Labute approximate surface area is 216 Å². The van der Waals surface area contributed by atoms with Crippen LogP contribution in [-0.2, 0) is 0 Å². The van der Waals surface area contributed by atoms with Crippen LogP contribution in [0, 0.1) is 51.4 Å². The first-order valence-corrected chi connectivity index (χ1v) is 12.2. The van der Waals surface area contributed by atoms with Gasteiger partial charge in [0.15, 0.2) is 0 Å². The van der Waals surface area contributed by atoms with Gasteiger partial charge in [-0.25, -0.2) is 0 Å². The van der Waals surface area contributed by atoms with Crippen LogP contribution in [0.2, 0.25) is 0 Å². The number of allylic oxidation sites excluding steroid dienone is 4. The summed E-state index contributed by atoms with van der Waals surface area (Å²) in [5.41, 5.74) is 11.2. The maximum absolute atomic E-state index is 3.31. The highest BCUT2D eigenvalue weighted by atomic mass is 14.1.